The Morgan fingerprint density at radius 1 is 1.31 bits per heavy atom. The van der Waals surface area contributed by atoms with Crippen LogP contribution >= 0.6 is 0 Å². The quantitative estimate of drug-likeness (QED) is 0.668. The summed E-state index contributed by atoms with van der Waals surface area (Å²) in [5.74, 6) is 0.495. The molecular weight excluding hydrogens is 168 g/mol. The number of aromatic nitrogens is 5. The van der Waals surface area contributed by atoms with Crippen molar-refractivity contribution in [1.82, 2.24) is 24.7 Å². The average Bonchev–Trinajstić information content (AvgIpc) is 2.71. The Morgan fingerprint density at radius 2 is 2.08 bits per heavy atom. The van der Waals surface area contributed by atoms with E-state index in [1.54, 1.807) is 12.4 Å². The molecule has 0 aliphatic carbocycles. The topological polar surface area (TPSA) is 82.5 Å². The fourth-order valence-electron chi connectivity index (χ4n) is 0.883. The molecule has 0 saturated heterocycles. The molecule has 66 valence electrons. The maximum absolute atomic E-state index is 5.40. The SMILES string of the molecule is NCc1cnc(-n2cncn2)nc1. The number of rotatable bonds is 2. The normalized spacial score (nSPS) is 10.2. The van der Waals surface area contributed by atoms with Crippen LogP contribution in [0.4, 0.5) is 0 Å². The smallest absolute Gasteiger partial charge is 0.251 e. The third kappa shape index (κ3) is 1.52. The van der Waals surface area contributed by atoms with Gasteiger partial charge in [0.05, 0.1) is 0 Å². The summed E-state index contributed by atoms with van der Waals surface area (Å²) in [6, 6.07) is 0. The summed E-state index contributed by atoms with van der Waals surface area (Å²) in [6.07, 6.45) is 6.31. The van der Waals surface area contributed by atoms with Crippen molar-refractivity contribution >= 4 is 0 Å². The fourth-order valence-corrected chi connectivity index (χ4v) is 0.883. The molecule has 0 radical (unpaired) electrons. The van der Waals surface area contributed by atoms with Crippen LogP contribution in [0.1, 0.15) is 5.56 Å². The van der Waals surface area contributed by atoms with Crippen molar-refractivity contribution in [2.24, 2.45) is 5.73 Å². The van der Waals surface area contributed by atoms with E-state index in [2.05, 4.69) is 20.1 Å². The van der Waals surface area contributed by atoms with Crippen molar-refractivity contribution in [1.29, 1.82) is 0 Å². The first-order valence-electron chi connectivity index (χ1n) is 3.76. The molecule has 0 atom stereocenters. The van der Waals surface area contributed by atoms with E-state index < -0.39 is 0 Å². The molecular formula is C7H8N6. The standard InChI is InChI=1S/C7H8N6/c8-1-6-2-10-7(11-3-6)13-5-9-4-12-13/h2-5H,1,8H2. The summed E-state index contributed by atoms with van der Waals surface area (Å²) in [5.41, 5.74) is 6.30. The fraction of sp³-hybridized carbons (Fsp3) is 0.143. The highest BCUT2D eigenvalue weighted by molar-refractivity contribution is 5.11. The van der Waals surface area contributed by atoms with Crippen molar-refractivity contribution in [3.63, 3.8) is 0 Å². The summed E-state index contributed by atoms with van der Waals surface area (Å²) < 4.78 is 1.49. The Bertz CT molecular complexity index is 364. The predicted octanol–water partition coefficient (Wildman–Crippen LogP) is -0.484. The summed E-state index contributed by atoms with van der Waals surface area (Å²) in [4.78, 5) is 11.9. The molecule has 2 aromatic rings. The van der Waals surface area contributed by atoms with Crippen LogP contribution in [0, 0.1) is 0 Å². The van der Waals surface area contributed by atoms with E-state index in [1.165, 1.54) is 17.3 Å². The molecule has 2 aromatic heterocycles. The summed E-state index contributed by atoms with van der Waals surface area (Å²) in [5, 5.41) is 3.89. The van der Waals surface area contributed by atoms with E-state index in [1.807, 2.05) is 0 Å². The molecule has 2 N–H and O–H groups in total. The van der Waals surface area contributed by atoms with Crippen molar-refractivity contribution in [2.45, 2.75) is 6.54 Å². The number of hydrogen-bond acceptors (Lipinski definition) is 5. The molecule has 6 heteroatoms. The van der Waals surface area contributed by atoms with Crippen LogP contribution in [-0.4, -0.2) is 24.7 Å². The molecule has 0 aliphatic heterocycles. The van der Waals surface area contributed by atoms with Gasteiger partial charge < -0.3 is 5.73 Å². The Hall–Kier alpha value is -1.82. The highest BCUT2D eigenvalue weighted by Gasteiger charge is 1.98. The lowest BCUT2D eigenvalue weighted by atomic mass is 10.3. The van der Waals surface area contributed by atoms with Gasteiger partial charge in [-0.3, -0.25) is 0 Å². The summed E-state index contributed by atoms with van der Waals surface area (Å²) in [6.45, 7) is 0.442. The zero-order chi connectivity index (χ0) is 9.10. The van der Waals surface area contributed by atoms with Gasteiger partial charge in [0.2, 0.25) is 0 Å². The van der Waals surface area contributed by atoms with E-state index in [9.17, 15) is 0 Å². The van der Waals surface area contributed by atoms with Crippen molar-refractivity contribution < 1.29 is 0 Å². The van der Waals surface area contributed by atoms with Gasteiger partial charge in [0, 0.05) is 24.5 Å². The molecule has 13 heavy (non-hydrogen) atoms. The number of nitrogens with two attached hydrogens (primary N) is 1. The van der Waals surface area contributed by atoms with E-state index in [0.717, 1.165) is 5.56 Å². The molecule has 2 heterocycles. The van der Waals surface area contributed by atoms with Crippen LogP contribution in [-0.2, 0) is 6.54 Å². The van der Waals surface area contributed by atoms with Crippen LogP contribution in [0.2, 0.25) is 0 Å². The van der Waals surface area contributed by atoms with E-state index in [0.29, 0.717) is 12.5 Å². The monoisotopic (exact) mass is 176 g/mol. The van der Waals surface area contributed by atoms with Crippen LogP contribution in [0.25, 0.3) is 5.95 Å². The summed E-state index contributed by atoms with van der Waals surface area (Å²) in [7, 11) is 0. The van der Waals surface area contributed by atoms with Gasteiger partial charge in [0.1, 0.15) is 12.7 Å². The van der Waals surface area contributed by atoms with Gasteiger partial charge in [-0.1, -0.05) is 0 Å². The van der Waals surface area contributed by atoms with Crippen LogP contribution < -0.4 is 5.73 Å². The van der Waals surface area contributed by atoms with Crippen molar-refractivity contribution in [3.8, 4) is 5.95 Å². The van der Waals surface area contributed by atoms with Gasteiger partial charge in [-0.25, -0.2) is 15.0 Å². The van der Waals surface area contributed by atoms with Crippen molar-refractivity contribution in [2.75, 3.05) is 0 Å². The molecule has 0 aliphatic rings. The minimum Gasteiger partial charge on any atom is -0.326 e. The van der Waals surface area contributed by atoms with Gasteiger partial charge >= 0.3 is 0 Å². The molecule has 0 bridgehead atoms. The summed E-state index contributed by atoms with van der Waals surface area (Å²) >= 11 is 0. The first-order valence-corrected chi connectivity index (χ1v) is 3.76. The lowest BCUT2D eigenvalue weighted by molar-refractivity contribution is 0.799. The molecule has 0 amide bonds. The van der Waals surface area contributed by atoms with E-state index in [4.69, 9.17) is 5.73 Å². The second-order valence-electron chi connectivity index (χ2n) is 2.44. The van der Waals surface area contributed by atoms with Gasteiger partial charge in [-0.15, -0.1) is 0 Å². The Morgan fingerprint density at radius 3 is 2.62 bits per heavy atom. The number of nitrogens with zero attached hydrogens (tertiary/aromatic N) is 5. The predicted molar refractivity (Wildman–Crippen MR) is 44.8 cm³/mol. The second kappa shape index (κ2) is 3.28. The molecule has 0 aromatic carbocycles. The van der Waals surface area contributed by atoms with Crippen LogP contribution in [0.3, 0.4) is 0 Å². The van der Waals surface area contributed by atoms with Crippen LogP contribution in [0.5, 0.6) is 0 Å². The van der Waals surface area contributed by atoms with E-state index >= 15 is 0 Å². The second-order valence-corrected chi connectivity index (χ2v) is 2.44. The molecule has 6 nitrogen and oxygen atoms in total. The molecule has 0 fully saturated rings. The molecule has 0 unspecified atom stereocenters. The Balaban J connectivity index is 2.33. The van der Waals surface area contributed by atoms with Crippen molar-refractivity contribution in [3.05, 3.63) is 30.6 Å². The maximum atomic E-state index is 5.40. The first kappa shape index (κ1) is 7.81. The van der Waals surface area contributed by atoms with Gasteiger partial charge in [0.15, 0.2) is 0 Å². The first-order chi connectivity index (χ1) is 6.40. The molecule has 2 rings (SSSR count). The van der Waals surface area contributed by atoms with Gasteiger partial charge in [0.25, 0.3) is 5.95 Å². The number of hydrogen-bond donors (Lipinski definition) is 1. The minimum absolute atomic E-state index is 0.442. The third-order valence-corrected chi connectivity index (χ3v) is 1.55. The Labute approximate surface area is 74.5 Å². The van der Waals surface area contributed by atoms with Gasteiger partial charge in [-0.05, 0) is 0 Å². The van der Waals surface area contributed by atoms with Crippen LogP contribution in [0.15, 0.2) is 25.0 Å². The molecule has 0 saturated carbocycles. The lowest BCUT2D eigenvalue weighted by Crippen LogP contribution is -2.04. The highest BCUT2D eigenvalue weighted by atomic mass is 15.4. The highest BCUT2D eigenvalue weighted by Crippen LogP contribution is 1.97. The van der Waals surface area contributed by atoms with Gasteiger partial charge in [-0.2, -0.15) is 9.78 Å². The minimum atomic E-state index is 0.442. The Kier molecular flexibility index (Phi) is 1.97. The van der Waals surface area contributed by atoms with E-state index in [-0.39, 0.29) is 0 Å². The zero-order valence-corrected chi connectivity index (χ0v) is 6.83. The lowest BCUT2D eigenvalue weighted by Gasteiger charge is -1.98. The average molecular weight is 176 g/mol. The maximum Gasteiger partial charge on any atom is 0.251 e. The largest absolute Gasteiger partial charge is 0.326 e. The third-order valence-electron chi connectivity index (χ3n) is 1.55. The molecule has 0 spiro atoms. The zero-order valence-electron chi connectivity index (χ0n) is 6.83.